The Hall–Kier alpha value is -1.88. The average molecular weight is 275 g/mol. The van der Waals surface area contributed by atoms with Gasteiger partial charge in [-0.25, -0.2) is 4.98 Å². The highest BCUT2D eigenvalue weighted by Crippen LogP contribution is 2.16. The summed E-state index contributed by atoms with van der Waals surface area (Å²) in [6.07, 6.45) is 0.334. The van der Waals surface area contributed by atoms with Crippen LogP contribution in [0.25, 0.3) is 0 Å². The molecule has 1 aromatic carbocycles. The molecule has 0 bridgehead atoms. The van der Waals surface area contributed by atoms with Crippen molar-refractivity contribution < 1.29 is 4.79 Å². The number of nitrogens with two attached hydrogens (primary N) is 1. The van der Waals surface area contributed by atoms with E-state index in [1.807, 2.05) is 31.2 Å². The molecule has 2 aromatic rings. The average Bonchev–Trinajstić information content (AvgIpc) is 2.78. The Morgan fingerprint density at radius 3 is 2.79 bits per heavy atom. The summed E-state index contributed by atoms with van der Waals surface area (Å²) in [5.41, 5.74) is 10.2. The predicted molar refractivity (Wildman–Crippen MR) is 77.9 cm³/mol. The van der Waals surface area contributed by atoms with E-state index in [1.54, 1.807) is 28.8 Å². The van der Waals surface area contributed by atoms with Gasteiger partial charge in [-0.05, 0) is 18.6 Å². The molecule has 1 aromatic heterocycles. The van der Waals surface area contributed by atoms with Gasteiger partial charge in [-0.1, -0.05) is 18.2 Å². The van der Waals surface area contributed by atoms with Crippen LogP contribution in [0, 0.1) is 6.92 Å². The van der Waals surface area contributed by atoms with Crippen molar-refractivity contribution in [2.24, 2.45) is 0 Å². The molecule has 0 spiro atoms. The minimum Gasteiger partial charge on any atom is -0.398 e. The largest absolute Gasteiger partial charge is 0.398 e. The Balaban J connectivity index is 2.00. The van der Waals surface area contributed by atoms with Gasteiger partial charge in [0.05, 0.1) is 24.2 Å². The lowest BCUT2D eigenvalue weighted by molar-refractivity contribution is -0.129. The van der Waals surface area contributed by atoms with Crippen molar-refractivity contribution in [1.82, 2.24) is 9.88 Å². The number of hydrogen-bond acceptors (Lipinski definition) is 4. The first-order valence-electron chi connectivity index (χ1n) is 6.04. The third kappa shape index (κ3) is 3.32. The second kappa shape index (κ2) is 5.84. The highest BCUT2D eigenvalue weighted by atomic mass is 32.1. The van der Waals surface area contributed by atoms with E-state index in [0.717, 1.165) is 16.1 Å². The number of likely N-dealkylation sites (N-methyl/N-ethyl adjacent to an activating group) is 1. The van der Waals surface area contributed by atoms with E-state index in [4.69, 9.17) is 5.73 Å². The Kier molecular flexibility index (Phi) is 4.16. The Bertz CT molecular complexity index is 580. The van der Waals surface area contributed by atoms with Crippen molar-refractivity contribution in [1.29, 1.82) is 0 Å². The minimum atomic E-state index is 0.0608. The van der Waals surface area contributed by atoms with Crippen molar-refractivity contribution >= 4 is 22.9 Å². The molecule has 100 valence electrons. The molecule has 0 saturated carbocycles. The molecule has 2 rings (SSSR count). The number of thiazole rings is 1. The molecular formula is C14H17N3OS. The van der Waals surface area contributed by atoms with Crippen LogP contribution in [0.4, 0.5) is 5.69 Å². The lowest BCUT2D eigenvalue weighted by atomic mass is 10.1. The summed E-state index contributed by atoms with van der Waals surface area (Å²) in [6, 6.07) is 7.47. The zero-order valence-electron chi connectivity index (χ0n) is 11.1. The molecule has 0 saturated heterocycles. The fourth-order valence-electron chi connectivity index (χ4n) is 1.77. The second-order valence-corrected chi connectivity index (χ2v) is 5.43. The van der Waals surface area contributed by atoms with Crippen LogP contribution in [0.15, 0.2) is 29.8 Å². The van der Waals surface area contributed by atoms with Crippen LogP contribution in [-0.2, 0) is 17.8 Å². The first-order chi connectivity index (χ1) is 9.08. The predicted octanol–water partition coefficient (Wildman–Crippen LogP) is 2.23. The number of hydrogen-bond donors (Lipinski definition) is 1. The molecule has 0 radical (unpaired) electrons. The monoisotopic (exact) mass is 275 g/mol. The lowest BCUT2D eigenvalue weighted by Gasteiger charge is -2.17. The smallest absolute Gasteiger partial charge is 0.227 e. The normalized spacial score (nSPS) is 10.4. The van der Waals surface area contributed by atoms with Crippen LogP contribution in [0.3, 0.4) is 0 Å². The van der Waals surface area contributed by atoms with Crippen molar-refractivity contribution in [2.45, 2.75) is 19.9 Å². The first kappa shape index (κ1) is 13.5. The highest BCUT2D eigenvalue weighted by molar-refractivity contribution is 7.09. The molecule has 19 heavy (non-hydrogen) atoms. The second-order valence-electron chi connectivity index (χ2n) is 4.49. The quantitative estimate of drug-likeness (QED) is 0.871. The minimum absolute atomic E-state index is 0.0608. The van der Waals surface area contributed by atoms with Crippen molar-refractivity contribution in [3.05, 3.63) is 45.9 Å². The molecule has 0 unspecified atom stereocenters. The number of aromatic nitrogens is 1. The number of anilines is 1. The van der Waals surface area contributed by atoms with E-state index in [2.05, 4.69) is 4.98 Å². The number of para-hydroxylation sites is 1. The fourth-order valence-corrected chi connectivity index (χ4v) is 2.60. The molecule has 0 aliphatic heterocycles. The number of carbonyl (C=O) groups is 1. The van der Waals surface area contributed by atoms with Gasteiger partial charge in [0.2, 0.25) is 5.91 Å². The van der Waals surface area contributed by atoms with Crippen LogP contribution in [-0.4, -0.2) is 22.8 Å². The fraction of sp³-hybridized carbons (Fsp3) is 0.286. The van der Waals surface area contributed by atoms with Crippen molar-refractivity contribution in [2.75, 3.05) is 12.8 Å². The van der Waals surface area contributed by atoms with Crippen molar-refractivity contribution in [3.63, 3.8) is 0 Å². The van der Waals surface area contributed by atoms with Crippen molar-refractivity contribution in [3.8, 4) is 0 Å². The number of amides is 1. The molecule has 0 aliphatic carbocycles. The number of rotatable bonds is 4. The third-order valence-electron chi connectivity index (χ3n) is 3.05. The number of nitrogen functional groups attached to an aromatic ring is 1. The van der Waals surface area contributed by atoms with Crippen LogP contribution in [0.5, 0.6) is 0 Å². The van der Waals surface area contributed by atoms with E-state index >= 15 is 0 Å². The summed E-state index contributed by atoms with van der Waals surface area (Å²) in [7, 11) is 1.81. The van der Waals surface area contributed by atoms with E-state index in [9.17, 15) is 4.79 Å². The summed E-state index contributed by atoms with van der Waals surface area (Å²) < 4.78 is 0. The van der Waals surface area contributed by atoms with Gasteiger partial charge in [-0.3, -0.25) is 4.79 Å². The van der Waals surface area contributed by atoms with Gasteiger partial charge in [-0.2, -0.15) is 0 Å². The molecule has 2 N–H and O–H groups in total. The van der Waals surface area contributed by atoms with Gasteiger partial charge in [0.15, 0.2) is 0 Å². The molecule has 0 atom stereocenters. The van der Waals surface area contributed by atoms with Crippen LogP contribution in [0.2, 0.25) is 0 Å². The summed E-state index contributed by atoms with van der Waals surface area (Å²) >= 11 is 1.58. The Morgan fingerprint density at radius 2 is 2.16 bits per heavy atom. The maximum Gasteiger partial charge on any atom is 0.227 e. The summed E-state index contributed by atoms with van der Waals surface area (Å²) in [4.78, 5) is 19.2. The highest BCUT2D eigenvalue weighted by Gasteiger charge is 2.13. The number of nitrogens with zero attached hydrogens (tertiary/aromatic N) is 2. The zero-order chi connectivity index (χ0) is 13.8. The third-order valence-corrected chi connectivity index (χ3v) is 3.97. The SMILES string of the molecule is Cc1ncsc1CN(C)C(=O)Cc1ccccc1N. The van der Waals surface area contributed by atoms with E-state index in [1.165, 1.54) is 0 Å². The van der Waals surface area contributed by atoms with Gasteiger partial charge in [0, 0.05) is 17.6 Å². The molecule has 4 nitrogen and oxygen atoms in total. The van der Waals surface area contributed by atoms with Gasteiger partial charge < -0.3 is 10.6 Å². The van der Waals surface area contributed by atoms with Gasteiger partial charge in [-0.15, -0.1) is 11.3 Å². The molecular weight excluding hydrogens is 258 g/mol. The van der Waals surface area contributed by atoms with Gasteiger partial charge in [0.1, 0.15) is 0 Å². The maximum atomic E-state index is 12.2. The molecule has 5 heteroatoms. The zero-order valence-corrected chi connectivity index (χ0v) is 11.9. The lowest BCUT2D eigenvalue weighted by Crippen LogP contribution is -2.27. The Morgan fingerprint density at radius 1 is 1.42 bits per heavy atom. The summed E-state index contributed by atoms with van der Waals surface area (Å²) in [5, 5.41) is 0. The van der Waals surface area contributed by atoms with E-state index in [0.29, 0.717) is 18.7 Å². The van der Waals surface area contributed by atoms with Gasteiger partial charge >= 0.3 is 0 Å². The summed E-state index contributed by atoms with van der Waals surface area (Å²) in [6.45, 7) is 2.56. The number of benzene rings is 1. The Labute approximate surface area is 116 Å². The van der Waals surface area contributed by atoms with Crippen LogP contribution < -0.4 is 5.73 Å². The first-order valence-corrected chi connectivity index (χ1v) is 6.92. The van der Waals surface area contributed by atoms with Gasteiger partial charge in [0.25, 0.3) is 0 Å². The molecule has 0 aliphatic rings. The van der Waals surface area contributed by atoms with Crippen LogP contribution >= 0.6 is 11.3 Å². The number of aryl methyl sites for hydroxylation is 1. The van der Waals surface area contributed by atoms with Crippen LogP contribution in [0.1, 0.15) is 16.1 Å². The number of carbonyl (C=O) groups excluding carboxylic acids is 1. The van der Waals surface area contributed by atoms with E-state index in [-0.39, 0.29) is 5.91 Å². The topological polar surface area (TPSA) is 59.2 Å². The summed E-state index contributed by atoms with van der Waals surface area (Å²) in [5.74, 6) is 0.0608. The standard InChI is InChI=1S/C14H17N3OS/c1-10-13(19-9-16-10)8-17(2)14(18)7-11-5-3-4-6-12(11)15/h3-6,9H,7-8,15H2,1-2H3. The maximum absolute atomic E-state index is 12.2. The molecule has 1 heterocycles. The molecule has 0 fully saturated rings. The van der Waals surface area contributed by atoms with E-state index < -0.39 is 0 Å². The molecule has 1 amide bonds.